The number of hydrogen-bond donors (Lipinski definition) is 1. The molecule has 2 rings (SSSR count). The number of nitrogens with zero attached hydrogens (tertiary/aromatic N) is 3. The van der Waals surface area contributed by atoms with Gasteiger partial charge in [0.15, 0.2) is 11.5 Å². The van der Waals surface area contributed by atoms with E-state index in [-0.39, 0.29) is 6.04 Å². The lowest BCUT2D eigenvalue weighted by molar-refractivity contribution is 0.349. The number of ether oxygens (including phenoxy) is 2. The third kappa shape index (κ3) is 2.91. The molecule has 0 saturated heterocycles. The molecule has 0 aliphatic carbocycles. The highest BCUT2D eigenvalue weighted by atomic mass is 16.5. The number of hydrogen-bond acceptors (Lipinski definition) is 5. The van der Waals surface area contributed by atoms with E-state index in [0.717, 1.165) is 22.9 Å². The summed E-state index contributed by atoms with van der Waals surface area (Å²) in [6.07, 6.45) is 1.69. The van der Waals surface area contributed by atoms with Gasteiger partial charge in [-0.05, 0) is 13.0 Å². The monoisotopic (exact) mass is 276 g/mol. The van der Waals surface area contributed by atoms with E-state index in [1.165, 1.54) is 0 Å². The van der Waals surface area contributed by atoms with Crippen LogP contribution in [0.1, 0.15) is 24.4 Å². The summed E-state index contributed by atoms with van der Waals surface area (Å²) in [5, 5.41) is 11.4. The Morgan fingerprint density at radius 1 is 1.30 bits per heavy atom. The Bertz CT molecular complexity index is 568. The molecule has 0 amide bonds. The van der Waals surface area contributed by atoms with Crippen LogP contribution in [0.4, 0.5) is 0 Å². The largest absolute Gasteiger partial charge is 0.493 e. The zero-order chi connectivity index (χ0) is 14.5. The van der Waals surface area contributed by atoms with Gasteiger partial charge in [0.05, 0.1) is 20.3 Å². The van der Waals surface area contributed by atoms with Gasteiger partial charge in [0, 0.05) is 19.2 Å². The van der Waals surface area contributed by atoms with Gasteiger partial charge < -0.3 is 19.4 Å². The Labute approximate surface area is 118 Å². The molecule has 1 aromatic carbocycles. The Hall–Kier alpha value is -2.08. The fraction of sp³-hybridized carbons (Fsp3) is 0.429. The van der Waals surface area contributed by atoms with Crippen LogP contribution in [0.25, 0.3) is 0 Å². The van der Waals surface area contributed by atoms with E-state index in [9.17, 15) is 0 Å². The standard InChI is InChI=1S/C14H20N4O2/c1-10(14-17-16-9-18(14)2)15-8-11-6-5-7-12(19-3)13(11)20-4/h5-7,9-10,15H,8H2,1-4H3. The molecule has 20 heavy (non-hydrogen) atoms. The van der Waals surface area contributed by atoms with E-state index in [1.54, 1.807) is 20.5 Å². The molecule has 0 aliphatic rings. The van der Waals surface area contributed by atoms with Crippen LogP contribution >= 0.6 is 0 Å². The van der Waals surface area contributed by atoms with E-state index in [2.05, 4.69) is 22.4 Å². The number of benzene rings is 1. The van der Waals surface area contributed by atoms with Crippen molar-refractivity contribution in [1.29, 1.82) is 0 Å². The van der Waals surface area contributed by atoms with Crippen molar-refractivity contribution in [3.8, 4) is 11.5 Å². The molecule has 0 fully saturated rings. The Morgan fingerprint density at radius 3 is 2.70 bits per heavy atom. The predicted molar refractivity (Wildman–Crippen MR) is 75.8 cm³/mol. The molecular formula is C14H20N4O2. The second kappa shape index (κ2) is 6.38. The third-order valence-electron chi connectivity index (χ3n) is 3.22. The summed E-state index contributed by atoms with van der Waals surface area (Å²) < 4.78 is 12.6. The minimum Gasteiger partial charge on any atom is -0.493 e. The molecule has 0 bridgehead atoms. The van der Waals surface area contributed by atoms with E-state index in [1.807, 2.05) is 29.8 Å². The van der Waals surface area contributed by atoms with Gasteiger partial charge >= 0.3 is 0 Å². The summed E-state index contributed by atoms with van der Waals surface area (Å²) in [5.74, 6) is 2.39. The number of para-hydroxylation sites is 1. The van der Waals surface area contributed by atoms with Gasteiger partial charge in [-0.1, -0.05) is 12.1 Å². The van der Waals surface area contributed by atoms with Crippen LogP contribution in [0.5, 0.6) is 11.5 Å². The lowest BCUT2D eigenvalue weighted by Crippen LogP contribution is -2.21. The van der Waals surface area contributed by atoms with Crippen LogP contribution in [0, 0.1) is 0 Å². The second-order valence-electron chi connectivity index (χ2n) is 4.56. The predicted octanol–water partition coefficient (Wildman–Crippen LogP) is 1.68. The molecule has 0 aliphatic heterocycles. The summed E-state index contributed by atoms with van der Waals surface area (Å²) in [5.41, 5.74) is 1.04. The van der Waals surface area contributed by atoms with Crippen molar-refractivity contribution >= 4 is 0 Å². The van der Waals surface area contributed by atoms with E-state index in [0.29, 0.717) is 6.54 Å². The van der Waals surface area contributed by atoms with Crippen LogP contribution < -0.4 is 14.8 Å². The molecule has 6 nitrogen and oxygen atoms in total. The number of methoxy groups -OCH3 is 2. The average Bonchev–Trinajstić information content (AvgIpc) is 2.90. The first-order chi connectivity index (χ1) is 9.67. The third-order valence-corrected chi connectivity index (χ3v) is 3.22. The van der Waals surface area contributed by atoms with Crippen LogP contribution in [0.3, 0.4) is 0 Å². The maximum atomic E-state index is 5.42. The van der Waals surface area contributed by atoms with Crippen LogP contribution in [-0.4, -0.2) is 29.0 Å². The van der Waals surface area contributed by atoms with Crippen LogP contribution in [0.15, 0.2) is 24.5 Å². The Kier molecular flexibility index (Phi) is 4.57. The molecule has 0 spiro atoms. The smallest absolute Gasteiger partial charge is 0.165 e. The summed E-state index contributed by atoms with van der Waals surface area (Å²) in [4.78, 5) is 0. The average molecular weight is 276 g/mol. The molecule has 1 unspecified atom stereocenters. The lowest BCUT2D eigenvalue weighted by Gasteiger charge is -2.16. The fourth-order valence-corrected chi connectivity index (χ4v) is 2.13. The molecule has 0 saturated carbocycles. The molecule has 2 aromatic rings. The van der Waals surface area contributed by atoms with Crippen molar-refractivity contribution in [2.24, 2.45) is 7.05 Å². The number of rotatable bonds is 6. The van der Waals surface area contributed by atoms with Gasteiger partial charge in [0.1, 0.15) is 12.2 Å². The van der Waals surface area contributed by atoms with Crippen molar-refractivity contribution in [2.45, 2.75) is 19.5 Å². The van der Waals surface area contributed by atoms with Crippen molar-refractivity contribution in [3.05, 3.63) is 35.9 Å². The van der Waals surface area contributed by atoms with Crippen molar-refractivity contribution in [1.82, 2.24) is 20.1 Å². The maximum absolute atomic E-state index is 5.42. The van der Waals surface area contributed by atoms with E-state index < -0.39 is 0 Å². The van der Waals surface area contributed by atoms with Crippen molar-refractivity contribution in [2.75, 3.05) is 14.2 Å². The zero-order valence-electron chi connectivity index (χ0n) is 12.3. The topological polar surface area (TPSA) is 61.2 Å². The fourth-order valence-electron chi connectivity index (χ4n) is 2.13. The zero-order valence-corrected chi connectivity index (χ0v) is 12.3. The van der Waals surface area contributed by atoms with Gasteiger partial charge in [-0.2, -0.15) is 0 Å². The normalized spacial score (nSPS) is 12.2. The highest BCUT2D eigenvalue weighted by molar-refractivity contribution is 5.46. The SMILES string of the molecule is COc1cccc(CNC(C)c2nncn2C)c1OC. The van der Waals surface area contributed by atoms with Gasteiger partial charge in [-0.15, -0.1) is 10.2 Å². The molecule has 1 heterocycles. The Morgan fingerprint density at radius 2 is 2.10 bits per heavy atom. The Balaban J connectivity index is 2.09. The molecule has 1 atom stereocenters. The molecule has 1 N–H and O–H groups in total. The number of aryl methyl sites for hydroxylation is 1. The summed E-state index contributed by atoms with van der Waals surface area (Å²) in [6.45, 7) is 2.71. The lowest BCUT2D eigenvalue weighted by atomic mass is 10.1. The first-order valence-corrected chi connectivity index (χ1v) is 6.44. The highest BCUT2D eigenvalue weighted by Crippen LogP contribution is 2.30. The first-order valence-electron chi connectivity index (χ1n) is 6.44. The van der Waals surface area contributed by atoms with Gasteiger partial charge in [-0.25, -0.2) is 0 Å². The van der Waals surface area contributed by atoms with Crippen molar-refractivity contribution in [3.63, 3.8) is 0 Å². The molecule has 6 heteroatoms. The van der Waals surface area contributed by atoms with Gasteiger partial charge in [0.25, 0.3) is 0 Å². The summed E-state index contributed by atoms with van der Waals surface area (Å²) in [6, 6.07) is 5.94. The molecule has 0 radical (unpaired) electrons. The second-order valence-corrected chi connectivity index (χ2v) is 4.56. The minimum absolute atomic E-state index is 0.0957. The van der Waals surface area contributed by atoms with E-state index in [4.69, 9.17) is 9.47 Å². The number of nitrogens with one attached hydrogen (secondary N) is 1. The molecular weight excluding hydrogens is 256 g/mol. The van der Waals surface area contributed by atoms with E-state index >= 15 is 0 Å². The maximum Gasteiger partial charge on any atom is 0.165 e. The quantitative estimate of drug-likeness (QED) is 0.870. The minimum atomic E-state index is 0.0957. The summed E-state index contributed by atoms with van der Waals surface area (Å²) in [7, 11) is 5.21. The van der Waals surface area contributed by atoms with Crippen LogP contribution in [0.2, 0.25) is 0 Å². The number of aromatic nitrogens is 3. The van der Waals surface area contributed by atoms with Crippen LogP contribution in [-0.2, 0) is 13.6 Å². The highest BCUT2D eigenvalue weighted by Gasteiger charge is 2.13. The van der Waals surface area contributed by atoms with Crippen molar-refractivity contribution < 1.29 is 9.47 Å². The molecule has 108 valence electrons. The first kappa shape index (κ1) is 14.3. The summed E-state index contributed by atoms with van der Waals surface area (Å²) >= 11 is 0. The van der Waals surface area contributed by atoms with Gasteiger partial charge in [0.2, 0.25) is 0 Å². The molecule has 1 aromatic heterocycles. The van der Waals surface area contributed by atoms with Gasteiger partial charge in [-0.3, -0.25) is 0 Å².